The molecule has 240 valence electrons. The molecule has 1 aromatic heterocycles. The second-order valence-electron chi connectivity index (χ2n) is 11.0. The van der Waals surface area contributed by atoms with Crippen LogP contribution in [-0.4, -0.2) is 78.4 Å². The fraction of sp³-hybridized carbons (Fsp3) is 0.452. The molecule has 0 saturated carbocycles. The van der Waals surface area contributed by atoms with Crippen LogP contribution in [0.25, 0.3) is 10.9 Å². The number of hydrogen-bond donors (Lipinski definition) is 5. The van der Waals surface area contributed by atoms with Gasteiger partial charge in [0.1, 0.15) is 6.04 Å². The maximum absolute atomic E-state index is 13.4. The summed E-state index contributed by atoms with van der Waals surface area (Å²) in [4.78, 5) is 31.0. The zero-order valence-corrected chi connectivity index (χ0v) is 25.5. The van der Waals surface area contributed by atoms with E-state index in [2.05, 4.69) is 15.6 Å². The topological polar surface area (TPSA) is 149 Å². The summed E-state index contributed by atoms with van der Waals surface area (Å²) in [7, 11) is 0. The molecule has 44 heavy (non-hydrogen) atoms. The minimum absolute atomic E-state index is 0.0441. The maximum Gasteiger partial charge on any atom is 0.416 e. The van der Waals surface area contributed by atoms with Crippen LogP contribution in [0, 0.1) is 0 Å². The van der Waals surface area contributed by atoms with Gasteiger partial charge < -0.3 is 44.9 Å². The largest absolute Gasteiger partial charge is 0.792 e. The number of fused-ring (bicyclic) bond motifs is 1. The van der Waals surface area contributed by atoms with E-state index in [1.807, 2.05) is 24.3 Å². The van der Waals surface area contributed by atoms with Crippen LogP contribution in [0.1, 0.15) is 30.4 Å². The van der Waals surface area contributed by atoms with Crippen molar-refractivity contribution in [1.29, 1.82) is 0 Å². The van der Waals surface area contributed by atoms with Crippen molar-refractivity contribution < 1.29 is 27.2 Å². The third-order valence-electron chi connectivity index (χ3n) is 7.68. The van der Waals surface area contributed by atoms with Crippen LogP contribution in [0.5, 0.6) is 0 Å². The normalized spacial score (nSPS) is 13.4. The molecule has 8 N–H and O–H groups in total. The Kier molecular flexibility index (Phi) is 13.4. The van der Waals surface area contributed by atoms with Crippen molar-refractivity contribution >= 4 is 41.0 Å². The number of halogens is 3. The highest BCUT2D eigenvalue weighted by Crippen LogP contribution is 2.29. The highest BCUT2D eigenvalue weighted by molar-refractivity contribution is 7.58. The number of amides is 2. The summed E-state index contributed by atoms with van der Waals surface area (Å²) in [5.41, 5.74) is 18.8. The van der Waals surface area contributed by atoms with Gasteiger partial charge in [0, 0.05) is 24.9 Å². The van der Waals surface area contributed by atoms with Crippen molar-refractivity contribution in [2.75, 3.05) is 50.3 Å². The second kappa shape index (κ2) is 16.7. The van der Waals surface area contributed by atoms with E-state index in [9.17, 15) is 22.8 Å². The third kappa shape index (κ3) is 10.4. The molecule has 0 aliphatic rings. The van der Waals surface area contributed by atoms with E-state index >= 15 is 0 Å². The monoisotopic (exact) mass is 633 g/mol. The van der Waals surface area contributed by atoms with E-state index in [-0.39, 0.29) is 6.42 Å². The Morgan fingerprint density at radius 2 is 1.59 bits per heavy atom. The van der Waals surface area contributed by atoms with Crippen molar-refractivity contribution in [1.82, 2.24) is 10.3 Å². The van der Waals surface area contributed by atoms with E-state index in [0.29, 0.717) is 47.4 Å². The smallest absolute Gasteiger partial charge is 0.416 e. The Hall–Kier alpha value is -3.23. The van der Waals surface area contributed by atoms with E-state index < -0.39 is 35.6 Å². The quantitative estimate of drug-likeness (QED) is 0.113. The number of pyridine rings is 1. The number of nitrogens with zero attached hydrogens (tertiary/aromatic N) is 2. The van der Waals surface area contributed by atoms with Crippen molar-refractivity contribution in [3.63, 3.8) is 0 Å². The van der Waals surface area contributed by atoms with E-state index in [4.69, 9.17) is 29.8 Å². The zero-order chi connectivity index (χ0) is 32.2. The number of para-hydroxylation sites is 1. The van der Waals surface area contributed by atoms with Crippen LogP contribution in [0.15, 0.2) is 60.8 Å². The Labute approximate surface area is 261 Å². The number of carbonyl (C=O) groups is 2. The first-order valence-electron chi connectivity index (χ1n) is 14.7. The van der Waals surface area contributed by atoms with Gasteiger partial charge in [-0.2, -0.15) is 18.9 Å². The van der Waals surface area contributed by atoms with Gasteiger partial charge in [0.2, 0.25) is 11.8 Å². The van der Waals surface area contributed by atoms with Crippen molar-refractivity contribution in [2.24, 2.45) is 17.2 Å². The number of quaternary nitrogens is 1. The Morgan fingerprint density at radius 3 is 2.23 bits per heavy atom. The molecule has 2 aromatic carbocycles. The summed E-state index contributed by atoms with van der Waals surface area (Å²) >= 11 is 5.14. The van der Waals surface area contributed by atoms with Gasteiger partial charge in [0.15, 0.2) is 0 Å². The molecule has 2 atom stereocenters. The molecular formula is C31H42F3N7O2S. The van der Waals surface area contributed by atoms with Crippen LogP contribution >= 0.6 is 0 Å². The minimum Gasteiger partial charge on any atom is -0.792 e. The van der Waals surface area contributed by atoms with Crippen LogP contribution in [0.4, 0.5) is 18.9 Å². The number of hydrogen-bond acceptors (Lipinski definition) is 7. The predicted molar refractivity (Wildman–Crippen MR) is 169 cm³/mol. The van der Waals surface area contributed by atoms with Crippen LogP contribution in [0.3, 0.4) is 0 Å². The molecule has 0 radical (unpaired) electrons. The van der Waals surface area contributed by atoms with Gasteiger partial charge in [-0.25, -0.2) is 0 Å². The average Bonchev–Trinajstić information content (AvgIpc) is 2.99. The molecule has 1 heterocycles. The van der Waals surface area contributed by atoms with Crippen LogP contribution < -0.4 is 27.8 Å². The summed E-state index contributed by atoms with van der Waals surface area (Å²) in [5.74, 6) is -0.447. The summed E-state index contributed by atoms with van der Waals surface area (Å²) in [6.07, 6.45) is -1.19. The van der Waals surface area contributed by atoms with Gasteiger partial charge in [0.05, 0.1) is 55.2 Å². The van der Waals surface area contributed by atoms with E-state index in [1.54, 1.807) is 6.07 Å². The summed E-state index contributed by atoms with van der Waals surface area (Å²) in [6, 6.07) is 11.6. The lowest BCUT2D eigenvalue weighted by Crippen LogP contribution is -2.55. The fourth-order valence-electron chi connectivity index (χ4n) is 5.32. The first-order chi connectivity index (χ1) is 21.0. The lowest BCUT2D eigenvalue weighted by molar-refractivity contribution is -0.925. The number of anilines is 1. The van der Waals surface area contributed by atoms with Gasteiger partial charge >= 0.3 is 6.18 Å². The maximum atomic E-state index is 13.4. The highest BCUT2D eigenvalue weighted by Gasteiger charge is 2.31. The lowest BCUT2D eigenvalue weighted by Gasteiger charge is -2.39. The van der Waals surface area contributed by atoms with Gasteiger partial charge in [0.25, 0.3) is 0 Å². The molecule has 0 saturated heterocycles. The molecule has 2 amide bonds. The third-order valence-corrected chi connectivity index (χ3v) is 7.97. The SMILES string of the molecule is NCC[N+](CCN)(CCC[S-])CCC[C@H](N)C(=O)N[C@H](Cc1ccc(C(F)(F)F)cc1)C(=O)Nc1cnc2ccccc2c1. The molecule has 9 nitrogen and oxygen atoms in total. The predicted octanol–water partition coefficient (Wildman–Crippen LogP) is 2.70. The van der Waals surface area contributed by atoms with Gasteiger partial charge in [-0.05, 0) is 49.1 Å². The minimum atomic E-state index is -4.49. The number of alkyl halides is 3. The second-order valence-corrected chi connectivity index (χ2v) is 11.4. The first-order valence-corrected chi connectivity index (χ1v) is 15.3. The molecule has 3 aromatic rings. The number of carbonyl (C=O) groups excluding carboxylic acids is 2. The van der Waals surface area contributed by atoms with Gasteiger partial charge in [-0.3, -0.25) is 14.6 Å². The Balaban J connectivity index is 1.72. The average molecular weight is 634 g/mol. The van der Waals surface area contributed by atoms with Crippen molar-refractivity contribution in [3.05, 3.63) is 71.9 Å². The number of nitrogens with one attached hydrogen (secondary N) is 2. The van der Waals surface area contributed by atoms with Crippen molar-refractivity contribution in [2.45, 2.75) is 43.9 Å². The molecular weight excluding hydrogens is 591 g/mol. The Bertz CT molecular complexity index is 1350. The molecule has 3 rings (SSSR count). The number of benzene rings is 2. The summed E-state index contributed by atoms with van der Waals surface area (Å²) in [5, 5.41) is 6.30. The molecule has 0 fully saturated rings. The number of aromatic nitrogens is 1. The van der Waals surface area contributed by atoms with Crippen LogP contribution in [0.2, 0.25) is 0 Å². The summed E-state index contributed by atoms with van der Waals surface area (Å²) < 4.78 is 40.0. The highest BCUT2D eigenvalue weighted by atomic mass is 32.1. The lowest BCUT2D eigenvalue weighted by atomic mass is 10.0. The number of nitrogens with two attached hydrogens (primary N) is 3. The van der Waals surface area contributed by atoms with E-state index in [0.717, 1.165) is 55.6 Å². The van der Waals surface area contributed by atoms with Crippen LogP contribution in [-0.2, 0) is 34.8 Å². The zero-order valence-electron chi connectivity index (χ0n) is 24.7. The molecule has 13 heteroatoms. The molecule has 0 unspecified atom stereocenters. The Morgan fingerprint density at radius 1 is 0.932 bits per heavy atom. The molecule has 0 aliphatic carbocycles. The van der Waals surface area contributed by atoms with Gasteiger partial charge in [-0.1, -0.05) is 30.3 Å². The molecule has 0 spiro atoms. The summed E-state index contributed by atoms with van der Waals surface area (Å²) in [6.45, 7) is 4.06. The van der Waals surface area contributed by atoms with Crippen molar-refractivity contribution in [3.8, 4) is 0 Å². The fourth-order valence-corrected chi connectivity index (χ4v) is 5.45. The molecule has 0 bridgehead atoms. The number of rotatable bonds is 17. The van der Waals surface area contributed by atoms with Gasteiger partial charge in [-0.15, -0.1) is 0 Å². The molecule has 0 aliphatic heterocycles. The standard InChI is InChI=1S/C31H42F3N7O2S/c32-31(33,34)24-10-8-22(9-11-24)19-28(30(43)39-25-20-23-5-1-2-7-27(23)38-21-25)40-29(42)26(37)6-3-14-41(16-12-35,17-13-36)15-4-18-44/h1-2,5,7-11,20-21,26,28H,3-4,6,12-19,35-37H2,(H2-,39,40,42,43,44)/t26-,28+/m0/s1. The first kappa shape index (κ1) is 35.3. The van der Waals surface area contributed by atoms with E-state index in [1.165, 1.54) is 18.3 Å².